The van der Waals surface area contributed by atoms with Crippen LogP contribution in [-0.2, 0) is 4.79 Å². The van der Waals surface area contributed by atoms with E-state index in [1.54, 1.807) is 30.6 Å². The number of hydrogen-bond acceptors (Lipinski definition) is 3. The van der Waals surface area contributed by atoms with E-state index in [0.29, 0.717) is 24.2 Å². The van der Waals surface area contributed by atoms with Gasteiger partial charge in [0.2, 0.25) is 5.91 Å². The van der Waals surface area contributed by atoms with E-state index >= 15 is 0 Å². The van der Waals surface area contributed by atoms with Crippen LogP contribution in [0, 0.1) is 5.82 Å². The van der Waals surface area contributed by atoms with Crippen LogP contribution in [0.5, 0.6) is 0 Å². The molecule has 1 heterocycles. The zero-order chi connectivity index (χ0) is 15.6. The van der Waals surface area contributed by atoms with Gasteiger partial charge in [0.1, 0.15) is 5.69 Å². The lowest BCUT2D eigenvalue weighted by molar-refractivity contribution is -0.122. The van der Waals surface area contributed by atoms with Crippen molar-refractivity contribution in [3.8, 4) is 5.69 Å². The number of hydrogen-bond donors (Lipinski definition) is 2. The number of aromatic nitrogens is 2. The van der Waals surface area contributed by atoms with Crippen molar-refractivity contribution in [3.63, 3.8) is 0 Å². The molecule has 0 spiro atoms. The van der Waals surface area contributed by atoms with Gasteiger partial charge in [-0.15, -0.1) is 24.8 Å². The smallest absolute Gasteiger partial charge is 0.244 e. The van der Waals surface area contributed by atoms with Crippen LogP contribution in [0.2, 0.25) is 0 Å². The summed E-state index contributed by atoms with van der Waals surface area (Å²) in [6.07, 6.45) is 7.61. The number of carbonyl (C=O) groups excluding carboxylic acids is 1. The Hall–Kier alpha value is -1.63. The Morgan fingerprint density at radius 1 is 1.25 bits per heavy atom. The van der Waals surface area contributed by atoms with Crippen LogP contribution in [-0.4, -0.2) is 21.2 Å². The highest BCUT2D eigenvalue weighted by Crippen LogP contribution is 2.27. The number of carbonyl (C=O) groups is 1. The predicted molar refractivity (Wildman–Crippen MR) is 96.7 cm³/mol. The number of nitrogens with one attached hydrogen (secondary N) is 1. The first-order valence-electron chi connectivity index (χ1n) is 7.48. The molecule has 1 aromatic carbocycles. The van der Waals surface area contributed by atoms with Gasteiger partial charge in [-0.25, -0.2) is 9.07 Å². The fourth-order valence-electron chi connectivity index (χ4n) is 2.85. The Bertz CT molecular complexity index is 673. The number of rotatable bonds is 3. The molecule has 2 aromatic rings. The highest BCUT2D eigenvalue weighted by atomic mass is 35.5. The fourth-order valence-corrected chi connectivity index (χ4v) is 2.85. The molecule has 8 heteroatoms. The highest BCUT2D eigenvalue weighted by Gasteiger charge is 2.35. The summed E-state index contributed by atoms with van der Waals surface area (Å²) >= 11 is 0. The molecule has 0 aliphatic heterocycles. The average molecular weight is 375 g/mol. The Morgan fingerprint density at radius 3 is 2.54 bits per heavy atom. The van der Waals surface area contributed by atoms with E-state index in [0.717, 1.165) is 19.3 Å². The summed E-state index contributed by atoms with van der Waals surface area (Å²) in [5, 5.41) is 6.72. The van der Waals surface area contributed by atoms with Crippen LogP contribution in [0.15, 0.2) is 36.7 Å². The van der Waals surface area contributed by atoms with Gasteiger partial charge in [0, 0.05) is 18.1 Å². The van der Waals surface area contributed by atoms with E-state index in [4.69, 9.17) is 5.73 Å². The normalized spacial score (nSPS) is 15.8. The van der Waals surface area contributed by atoms with Crippen LogP contribution in [0.4, 0.5) is 10.1 Å². The molecular formula is C16H21Cl2FN4O. The molecule has 0 atom stereocenters. The van der Waals surface area contributed by atoms with Crippen LogP contribution in [0.1, 0.15) is 32.1 Å². The van der Waals surface area contributed by atoms with Gasteiger partial charge in [0.05, 0.1) is 5.54 Å². The van der Waals surface area contributed by atoms with Gasteiger partial charge in [-0.05, 0) is 37.1 Å². The molecule has 3 N–H and O–H groups in total. The Morgan fingerprint density at radius 2 is 1.96 bits per heavy atom. The molecule has 0 radical (unpaired) electrons. The van der Waals surface area contributed by atoms with Gasteiger partial charge >= 0.3 is 0 Å². The molecule has 24 heavy (non-hydrogen) atoms. The molecule has 0 bridgehead atoms. The molecule has 5 nitrogen and oxygen atoms in total. The van der Waals surface area contributed by atoms with Crippen molar-refractivity contribution in [1.29, 1.82) is 0 Å². The topological polar surface area (TPSA) is 72.9 Å². The summed E-state index contributed by atoms with van der Waals surface area (Å²) in [6, 6.07) is 6.25. The molecule has 1 aliphatic rings. The van der Waals surface area contributed by atoms with Gasteiger partial charge in [-0.1, -0.05) is 19.3 Å². The standard InChI is InChI=1S/C16H19FN4O.2ClH/c17-13-11-12(5-6-14(13)21-10-4-9-19-21)20-15(22)16(18)7-2-1-3-8-16;;/h4-6,9-11H,1-3,7-8,18H2,(H,20,22);2*1H. The monoisotopic (exact) mass is 374 g/mol. The van der Waals surface area contributed by atoms with Gasteiger partial charge in [-0.2, -0.15) is 5.10 Å². The van der Waals surface area contributed by atoms with E-state index in [1.807, 2.05) is 0 Å². The summed E-state index contributed by atoms with van der Waals surface area (Å²) in [4.78, 5) is 12.3. The maximum atomic E-state index is 14.2. The van der Waals surface area contributed by atoms with E-state index < -0.39 is 11.4 Å². The zero-order valence-electron chi connectivity index (χ0n) is 13.1. The van der Waals surface area contributed by atoms with E-state index in [-0.39, 0.29) is 30.7 Å². The Kier molecular flexibility index (Phi) is 7.20. The first-order chi connectivity index (χ1) is 10.6. The maximum absolute atomic E-state index is 14.2. The molecule has 1 aliphatic carbocycles. The van der Waals surface area contributed by atoms with Crippen molar-refractivity contribution in [2.45, 2.75) is 37.6 Å². The number of anilines is 1. The number of nitrogens with zero attached hydrogens (tertiary/aromatic N) is 2. The van der Waals surface area contributed by atoms with Gasteiger partial charge in [-0.3, -0.25) is 4.79 Å². The second-order valence-corrected chi connectivity index (χ2v) is 5.79. The Labute approximate surface area is 152 Å². The summed E-state index contributed by atoms with van der Waals surface area (Å²) < 4.78 is 15.6. The van der Waals surface area contributed by atoms with Crippen LogP contribution in [0.25, 0.3) is 5.69 Å². The minimum Gasteiger partial charge on any atom is -0.324 e. The zero-order valence-corrected chi connectivity index (χ0v) is 14.7. The van der Waals surface area contributed by atoms with Crippen molar-refractivity contribution in [2.75, 3.05) is 5.32 Å². The second kappa shape index (κ2) is 8.46. The third-order valence-corrected chi connectivity index (χ3v) is 4.15. The van der Waals surface area contributed by atoms with Crippen molar-refractivity contribution in [2.24, 2.45) is 5.73 Å². The third kappa shape index (κ3) is 4.26. The van der Waals surface area contributed by atoms with Crippen molar-refractivity contribution in [3.05, 3.63) is 42.5 Å². The minimum absolute atomic E-state index is 0. The van der Waals surface area contributed by atoms with E-state index in [1.165, 1.54) is 10.7 Å². The van der Waals surface area contributed by atoms with E-state index in [9.17, 15) is 9.18 Å². The third-order valence-electron chi connectivity index (χ3n) is 4.15. The molecule has 0 unspecified atom stereocenters. The largest absolute Gasteiger partial charge is 0.324 e. The molecule has 1 aromatic heterocycles. The Balaban J connectivity index is 0.00000144. The lowest BCUT2D eigenvalue weighted by atomic mass is 9.82. The van der Waals surface area contributed by atoms with Crippen LogP contribution in [0.3, 0.4) is 0 Å². The molecule has 1 amide bonds. The molecule has 1 fully saturated rings. The van der Waals surface area contributed by atoms with Crippen LogP contribution < -0.4 is 11.1 Å². The summed E-state index contributed by atoms with van der Waals surface area (Å²) in [5.41, 5.74) is 6.08. The minimum atomic E-state index is -0.838. The fraction of sp³-hybridized carbons (Fsp3) is 0.375. The average Bonchev–Trinajstić information content (AvgIpc) is 3.02. The summed E-state index contributed by atoms with van der Waals surface area (Å²) in [7, 11) is 0. The number of halogens is 3. The number of nitrogens with two attached hydrogens (primary N) is 1. The van der Waals surface area contributed by atoms with E-state index in [2.05, 4.69) is 10.4 Å². The van der Waals surface area contributed by atoms with Crippen molar-refractivity contribution < 1.29 is 9.18 Å². The van der Waals surface area contributed by atoms with Gasteiger partial charge in [0.25, 0.3) is 0 Å². The quantitative estimate of drug-likeness (QED) is 0.863. The molecule has 132 valence electrons. The van der Waals surface area contributed by atoms with Gasteiger partial charge < -0.3 is 11.1 Å². The number of benzene rings is 1. The van der Waals surface area contributed by atoms with Crippen molar-refractivity contribution >= 4 is 36.4 Å². The summed E-state index contributed by atoms with van der Waals surface area (Å²) in [6.45, 7) is 0. The molecular weight excluding hydrogens is 354 g/mol. The molecule has 3 rings (SSSR count). The van der Waals surface area contributed by atoms with Crippen molar-refractivity contribution in [1.82, 2.24) is 9.78 Å². The molecule has 0 saturated heterocycles. The van der Waals surface area contributed by atoms with Crippen LogP contribution >= 0.6 is 24.8 Å². The first kappa shape index (κ1) is 20.4. The number of amides is 1. The SMILES string of the molecule is Cl.Cl.NC1(C(=O)Nc2ccc(-n3cccn3)c(F)c2)CCCCC1. The maximum Gasteiger partial charge on any atom is 0.244 e. The second-order valence-electron chi connectivity index (χ2n) is 5.79. The lowest BCUT2D eigenvalue weighted by Crippen LogP contribution is -2.52. The first-order valence-corrected chi connectivity index (χ1v) is 7.48. The predicted octanol–water partition coefficient (Wildman–Crippen LogP) is 3.46. The van der Waals surface area contributed by atoms with Gasteiger partial charge in [0.15, 0.2) is 5.82 Å². The molecule has 1 saturated carbocycles. The lowest BCUT2D eigenvalue weighted by Gasteiger charge is -2.31. The summed E-state index contributed by atoms with van der Waals surface area (Å²) in [5.74, 6) is -0.686. The highest BCUT2D eigenvalue weighted by molar-refractivity contribution is 5.98.